The van der Waals surface area contributed by atoms with Crippen LogP contribution in [0.25, 0.3) is 11.6 Å². The quantitative estimate of drug-likeness (QED) is 0.826. The van der Waals surface area contributed by atoms with Crippen LogP contribution in [-0.2, 0) is 4.79 Å². The molecule has 1 aromatic carbocycles. The van der Waals surface area contributed by atoms with E-state index >= 15 is 0 Å². The van der Waals surface area contributed by atoms with E-state index in [2.05, 4.69) is 4.98 Å². The van der Waals surface area contributed by atoms with Gasteiger partial charge in [-0.05, 0) is 11.6 Å². The van der Waals surface area contributed by atoms with Crippen LogP contribution in [0.3, 0.4) is 0 Å². The topological polar surface area (TPSA) is 50.2 Å². The van der Waals surface area contributed by atoms with E-state index in [-0.39, 0.29) is 5.57 Å². The predicted molar refractivity (Wildman–Crippen MR) is 64.1 cm³/mol. The molecule has 80 valence electrons. The van der Waals surface area contributed by atoms with E-state index in [9.17, 15) is 4.79 Å². The summed E-state index contributed by atoms with van der Waals surface area (Å²) in [6, 6.07) is 9.05. The molecule has 0 fully saturated rings. The zero-order valence-electron chi connectivity index (χ0n) is 8.33. The Morgan fingerprint density at radius 2 is 2.06 bits per heavy atom. The number of carboxylic acids is 1. The summed E-state index contributed by atoms with van der Waals surface area (Å²) in [5, 5.41) is 9.14. The number of aliphatic carboxylic acids is 1. The van der Waals surface area contributed by atoms with Crippen molar-refractivity contribution in [3.8, 4) is 0 Å². The van der Waals surface area contributed by atoms with E-state index in [1.807, 2.05) is 18.2 Å². The predicted octanol–water partition coefficient (Wildman–Crippen LogP) is 2.77. The Morgan fingerprint density at radius 3 is 2.62 bits per heavy atom. The molecule has 1 aromatic heterocycles. The van der Waals surface area contributed by atoms with Crippen LogP contribution in [-0.4, -0.2) is 16.1 Å². The molecule has 0 aliphatic heterocycles. The molecule has 0 unspecified atom stereocenters. The lowest BCUT2D eigenvalue weighted by Crippen LogP contribution is -1.98. The van der Waals surface area contributed by atoms with Crippen LogP contribution in [0.15, 0.2) is 42.0 Å². The van der Waals surface area contributed by atoms with Gasteiger partial charge in [0.1, 0.15) is 0 Å². The molecule has 2 aromatic rings. The highest BCUT2D eigenvalue weighted by atomic mass is 32.1. The van der Waals surface area contributed by atoms with Gasteiger partial charge in [-0.25, -0.2) is 4.79 Å². The minimum Gasteiger partial charge on any atom is -0.478 e. The van der Waals surface area contributed by atoms with Gasteiger partial charge in [-0.15, -0.1) is 11.3 Å². The average molecular weight is 231 g/mol. The van der Waals surface area contributed by atoms with Crippen molar-refractivity contribution in [2.45, 2.75) is 0 Å². The van der Waals surface area contributed by atoms with E-state index in [1.165, 1.54) is 11.3 Å². The van der Waals surface area contributed by atoms with Gasteiger partial charge in [-0.3, -0.25) is 4.98 Å². The van der Waals surface area contributed by atoms with Crippen molar-refractivity contribution < 1.29 is 9.90 Å². The monoisotopic (exact) mass is 231 g/mol. The third-order valence-corrected chi connectivity index (χ3v) is 2.78. The van der Waals surface area contributed by atoms with Gasteiger partial charge in [-0.2, -0.15) is 0 Å². The van der Waals surface area contributed by atoms with E-state index in [4.69, 9.17) is 5.11 Å². The zero-order valence-corrected chi connectivity index (χ0v) is 9.15. The van der Waals surface area contributed by atoms with Crippen LogP contribution in [0.2, 0.25) is 0 Å². The summed E-state index contributed by atoms with van der Waals surface area (Å²) in [7, 11) is 0. The number of thiazole rings is 1. The van der Waals surface area contributed by atoms with E-state index < -0.39 is 5.97 Å². The van der Waals surface area contributed by atoms with Gasteiger partial charge in [0.15, 0.2) is 0 Å². The summed E-state index contributed by atoms with van der Waals surface area (Å²) in [4.78, 5) is 15.9. The lowest BCUT2D eigenvalue weighted by Gasteiger charge is -2.01. The lowest BCUT2D eigenvalue weighted by atomic mass is 10.1. The van der Waals surface area contributed by atoms with E-state index in [0.29, 0.717) is 5.56 Å². The summed E-state index contributed by atoms with van der Waals surface area (Å²) in [5.41, 5.74) is 2.66. The number of rotatable bonds is 3. The first-order valence-corrected chi connectivity index (χ1v) is 5.54. The van der Waals surface area contributed by atoms with Gasteiger partial charge in [0.2, 0.25) is 0 Å². The van der Waals surface area contributed by atoms with Crippen molar-refractivity contribution in [1.82, 2.24) is 4.98 Å². The third-order valence-electron chi connectivity index (χ3n) is 2.05. The molecule has 0 bridgehead atoms. The molecule has 0 atom stereocenters. The second kappa shape index (κ2) is 4.72. The summed E-state index contributed by atoms with van der Waals surface area (Å²) in [6.07, 6.45) is 3.28. The fourth-order valence-electron chi connectivity index (χ4n) is 1.33. The van der Waals surface area contributed by atoms with Crippen LogP contribution in [0.4, 0.5) is 0 Å². The maximum absolute atomic E-state index is 11.1. The smallest absolute Gasteiger partial charge is 0.336 e. The Kier molecular flexibility index (Phi) is 3.12. The molecule has 1 N–H and O–H groups in total. The number of carbonyl (C=O) groups is 1. The van der Waals surface area contributed by atoms with Gasteiger partial charge in [0.05, 0.1) is 11.1 Å². The van der Waals surface area contributed by atoms with Crippen molar-refractivity contribution in [2.24, 2.45) is 0 Å². The lowest BCUT2D eigenvalue weighted by molar-refractivity contribution is -0.130. The molecule has 2 rings (SSSR count). The molecule has 1 heterocycles. The summed E-state index contributed by atoms with van der Waals surface area (Å²) in [5.74, 6) is -0.931. The van der Waals surface area contributed by atoms with Crippen molar-refractivity contribution in [3.63, 3.8) is 0 Å². The molecule has 4 heteroatoms. The molecular formula is C12H9NO2S. The second-order valence-corrected chi connectivity index (χ2v) is 4.05. The van der Waals surface area contributed by atoms with Gasteiger partial charge < -0.3 is 5.11 Å². The van der Waals surface area contributed by atoms with Gasteiger partial charge >= 0.3 is 5.97 Å². The maximum Gasteiger partial charge on any atom is 0.336 e. The van der Waals surface area contributed by atoms with E-state index in [1.54, 1.807) is 29.9 Å². The average Bonchev–Trinajstić information content (AvgIpc) is 2.79. The van der Waals surface area contributed by atoms with Crippen LogP contribution in [0.5, 0.6) is 0 Å². The molecule has 0 radical (unpaired) electrons. The van der Waals surface area contributed by atoms with Crippen molar-refractivity contribution in [3.05, 3.63) is 52.5 Å². The Bertz CT molecular complexity index is 503. The minimum atomic E-state index is -0.931. The van der Waals surface area contributed by atoms with Crippen LogP contribution in [0.1, 0.15) is 10.4 Å². The number of nitrogens with zero attached hydrogens (tertiary/aromatic N) is 1. The fraction of sp³-hybridized carbons (Fsp3) is 0. The first-order valence-electron chi connectivity index (χ1n) is 4.66. The molecule has 16 heavy (non-hydrogen) atoms. The van der Waals surface area contributed by atoms with Crippen LogP contribution < -0.4 is 0 Å². The van der Waals surface area contributed by atoms with Crippen molar-refractivity contribution in [2.75, 3.05) is 0 Å². The van der Waals surface area contributed by atoms with Crippen molar-refractivity contribution in [1.29, 1.82) is 0 Å². The minimum absolute atomic E-state index is 0.282. The third kappa shape index (κ3) is 2.35. The molecule has 0 saturated carbocycles. The number of aromatic nitrogens is 1. The highest BCUT2D eigenvalue weighted by molar-refractivity contribution is 7.10. The summed E-state index contributed by atoms with van der Waals surface area (Å²) >= 11 is 1.41. The molecule has 0 aliphatic carbocycles. The van der Waals surface area contributed by atoms with Gasteiger partial charge in [-0.1, -0.05) is 30.3 Å². The Balaban J connectivity index is 2.43. The second-order valence-electron chi connectivity index (χ2n) is 3.13. The van der Waals surface area contributed by atoms with E-state index in [0.717, 1.165) is 4.88 Å². The van der Waals surface area contributed by atoms with Gasteiger partial charge in [0.25, 0.3) is 0 Å². The standard InChI is InChI=1S/C12H9NO2S/c14-12(15)11(6-10-7-13-8-16-10)9-4-2-1-3-5-9/h1-8H,(H,14,15)/b11-6+. The Labute approximate surface area is 96.7 Å². The molecular weight excluding hydrogens is 222 g/mol. The molecule has 3 nitrogen and oxygen atoms in total. The highest BCUT2D eigenvalue weighted by Crippen LogP contribution is 2.19. The Morgan fingerprint density at radius 1 is 1.31 bits per heavy atom. The highest BCUT2D eigenvalue weighted by Gasteiger charge is 2.09. The molecule has 0 aliphatic rings. The fourth-order valence-corrected chi connectivity index (χ4v) is 1.88. The number of hydrogen-bond donors (Lipinski definition) is 1. The first kappa shape index (κ1) is 10.6. The van der Waals surface area contributed by atoms with Crippen LogP contribution >= 0.6 is 11.3 Å². The van der Waals surface area contributed by atoms with Crippen molar-refractivity contribution >= 4 is 29.0 Å². The molecule has 0 saturated heterocycles. The zero-order chi connectivity index (χ0) is 11.4. The van der Waals surface area contributed by atoms with Crippen LogP contribution in [0, 0.1) is 0 Å². The largest absolute Gasteiger partial charge is 0.478 e. The summed E-state index contributed by atoms with van der Waals surface area (Å²) < 4.78 is 0. The number of benzene rings is 1. The summed E-state index contributed by atoms with van der Waals surface area (Å²) in [6.45, 7) is 0. The molecule has 0 amide bonds. The normalized spacial score (nSPS) is 11.4. The number of hydrogen-bond acceptors (Lipinski definition) is 3. The Hall–Kier alpha value is -1.94. The van der Waals surface area contributed by atoms with Gasteiger partial charge in [0, 0.05) is 11.1 Å². The SMILES string of the molecule is O=C(O)/C(=C/c1cncs1)c1ccccc1. The first-order chi connectivity index (χ1) is 7.77. The number of carboxylic acid groups (broad SMARTS) is 1. The molecule has 0 spiro atoms. The maximum atomic E-state index is 11.1.